The molecule has 1 atom stereocenters. The third-order valence-electron chi connectivity index (χ3n) is 4.13. The average molecular weight is 334 g/mol. The van der Waals surface area contributed by atoms with Crippen LogP contribution >= 0.6 is 0 Å². The minimum Gasteiger partial charge on any atom is -0.350 e. The van der Waals surface area contributed by atoms with Gasteiger partial charge in [-0.05, 0) is 31.8 Å². The van der Waals surface area contributed by atoms with Crippen molar-refractivity contribution in [3.8, 4) is 5.69 Å². The molecule has 5 heteroatoms. The molecular formula is C20H22N4O. The third-order valence-corrected chi connectivity index (χ3v) is 4.13. The van der Waals surface area contributed by atoms with Crippen LogP contribution in [0, 0.1) is 0 Å². The standard InChI is InChI=1S/C20H22N4O/c1-23(2)19(16-9-5-3-6-10-16)14-21-20(25)17-13-22-24(15-17)18-11-7-4-8-12-18/h3-13,15,19H,14H2,1-2H3,(H,21,25)/t19-/m0/s1. The second-order valence-corrected chi connectivity index (χ2v) is 6.11. The van der Waals surface area contributed by atoms with E-state index < -0.39 is 0 Å². The fraction of sp³-hybridized carbons (Fsp3) is 0.200. The predicted octanol–water partition coefficient (Wildman–Crippen LogP) is 2.91. The molecule has 0 aliphatic heterocycles. The third kappa shape index (κ3) is 4.14. The SMILES string of the molecule is CN(C)[C@@H](CNC(=O)c1cnn(-c2ccccc2)c1)c1ccccc1. The summed E-state index contributed by atoms with van der Waals surface area (Å²) >= 11 is 0. The molecule has 0 fully saturated rings. The van der Waals surface area contributed by atoms with E-state index >= 15 is 0 Å². The Morgan fingerprint density at radius 3 is 2.36 bits per heavy atom. The molecule has 3 rings (SSSR count). The van der Waals surface area contributed by atoms with E-state index in [1.54, 1.807) is 17.1 Å². The van der Waals surface area contributed by atoms with Gasteiger partial charge in [-0.1, -0.05) is 48.5 Å². The van der Waals surface area contributed by atoms with Crippen LogP contribution in [0.15, 0.2) is 73.1 Å². The molecule has 0 saturated carbocycles. The van der Waals surface area contributed by atoms with Gasteiger partial charge in [-0.3, -0.25) is 4.79 Å². The summed E-state index contributed by atoms with van der Waals surface area (Å²) in [6, 6.07) is 20.0. The Morgan fingerprint density at radius 2 is 1.72 bits per heavy atom. The van der Waals surface area contributed by atoms with Gasteiger partial charge in [-0.15, -0.1) is 0 Å². The molecule has 0 spiro atoms. The number of benzene rings is 2. The number of para-hydroxylation sites is 1. The lowest BCUT2D eigenvalue weighted by molar-refractivity contribution is 0.0942. The van der Waals surface area contributed by atoms with Crippen LogP contribution < -0.4 is 5.32 Å². The average Bonchev–Trinajstić information content (AvgIpc) is 3.13. The van der Waals surface area contributed by atoms with Crippen molar-refractivity contribution >= 4 is 5.91 Å². The van der Waals surface area contributed by atoms with E-state index in [9.17, 15) is 4.79 Å². The van der Waals surface area contributed by atoms with Gasteiger partial charge in [0.1, 0.15) is 0 Å². The lowest BCUT2D eigenvalue weighted by Gasteiger charge is -2.25. The molecule has 1 amide bonds. The largest absolute Gasteiger partial charge is 0.350 e. The number of hydrogen-bond donors (Lipinski definition) is 1. The quantitative estimate of drug-likeness (QED) is 0.754. The molecule has 1 aromatic heterocycles. The molecular weight excluding hydrogens is 312 g/mol. The highest BCUT2D eigenvalue weighted by molar-refractivity contribution is 5.93. The highest BCUT2D eigenvalue weighted by Crippen LogP contribution is 2.17. The van der Waals surface area contributed by atoms with E-state index in [0.717, 1.165) is 5.69 Å². The van der Waals surface area contributed by atoms with Gasteiger partial charge in [-0.25, -0.2) is 4.68 Å². The van der Waals surface area contributed by atoms with Crippen molar-refractivity contribution in [2.45, 2.75) is 6.04 Å². The number of likely N-dealkylation sites (N-methyl/N-ethyl adjacent to an activating group) is 1. The van der Waals surface area contributed by atoms with Crippen LogP contribution in [0.25, 0.3) is 5.69 Å². The van der Waals surface area contributed by atoms with Gasteiger partial charge >= 0.3 is 0 Å². The summed E-state index contributed by atoms with van der Waals surface area (Å²) in [4.78, 5) is 14.6. The van der Waals surface area contributed by atoms with Crippen LogP contribution in [-0.2, 0) is 0 Å². The molecule has 25 heavy (non-hydrogen) atoms. The van der Waals surface area contributed by atoms with Crippen LogP contribution in [0.4, 0.5) is 0 Å². The molecule has 5 nitrogen and oxygen atoms in total. The lowest BCUT2D eigenvalue weighted by atomic mass is 10.1. The van der Waals surface area contributed by atoms with Crippen molar-refractivity contribution in [3.05, 3.63) is 84.2 Å². The van der Waals surface area contributed by atoms with E-state index in [-0.39, 0.29) is 11.9 Å². The fourth-order valence-corrected chi connectivity index (χ4v) is 2.73. The summed E-state index contributed by atoms with van der Waals surface area (Å²) in [6.45, 7) is 0.534. The van der Waals surface area contributed by atoms with E-state index in [4.69, 9.17) is 0 Å². The summed E-state index contributed by atoms with van der Waals surface area (Å²) in [5.74, 6) is -0.120. The number of hydrogen-bond acceptors (Lipinski definition) is 3. The number of nitrogens with one attached hydrogen (secondary N) is 1. The molecule has 1 heterocycles. The van der Waals surface area contributed by atoms with E-state index in [1.807, 2.05) is 62.6 Å². The molecule has 0 aliphatic rings. The highest BCUT2D eigenvalue weighted by atomic mass is 16.1. The second kappa shape index (κ2) is 7.77. The summed E-state index contributed by atoms with van der Waals surface area (Å²) in [5, 5.41) is 7.28. The predicted molar refractivity (Wildman–Crippen MR) is 98.8 cm³/mol. The number of rotatable bonds is 6. The van der Waals surface area contributed by atoms with Crippen molar-refractivity contribution in [3.63, 3.8) is 0 Å². The zero-order valence-corrected chi connectivity index (χ0v) is 14.5. The number of aromatic nitrogens is 2. The fourth-order valence-electron chi connectivity index (χ4n) is 2.73. The first kappa shape index (κ1) is 16.9. The molecule has 0 aliphatic carbocycles. The van der Waals surface area contributed by atoms with E-state index in [0.29, 0.717) is 12.1 Å². The van der Waals surface area contributed by atoms with Gasteiger partial charge in [0.25, 0.3) is 5.91 Å². The van der Waals surface area contributed by atoms with E-state index in [2.05, 4.69) is 27.4 Å². The Balaban J connectivity index is 1.67. The first-order valence-electron chi connectivity index (χ1n) is 8.25. The number of carbonyl (C=O) groups is 1. The Kier molecular flexibility index (Phi) is 5.26. The molecule has 128 valence electrons. The first-order valence-corrected chi connectivity index (χ1v) is 8.25. The maximum Gasteiger partial charge on any atom is 0.254 e. The van der Waals surface area contributed by atoms with Crippen LogP contribution in [0.1, 0.15) is 22.0 Å². The molecule has 0 unspecified atom stereocenters. The normalized spacial score (nSPS) is 12.1. The van der Waals surface area contributed by atoms with Gasteiger partial charge in [0.15, 0.2) is 0 Å². The summed E-state index contributed by atoms with van der Waals surface area (Å²) < 4.78 is 1.70. The van der Waals surface area contributed by atoms with Crippen LogP contribution in [0.2, 0.25) is 0 Å². The molecule has 0 radical (unpaired) electrons. The summed E-state index contributed by atoms with van der Waals surface area (Å²) in [7, 11) is 4.02. The Hall–Kier alpha value is -2.92. The minimum absolute atomic E-state index is 0.120. The van der Waals surface area contributed by atoms with Crippen molar-refractivity contribution in [1.82, 2.24) is 20.0 Å². The van der Waals surface area contributed by atoms with Crippen LogP contribution in [0.5, 0.6) is 0 Å². The monoisotopic (exact) mass is 334 g/mol. The maximum absolute atomic E-state index is 12.5. The minimum atomic E-state index is -0.120. The highest BCUT2D eigenvalue weighted by Gasteiger charge is 2.16. The number of carbonyl (C=O) groups excluding carboxylic acids is 1. The van der Waals surface area contributed by atoms with Crippen LogP contribution in [-0.4, -0.2) is 41.2 Å². The van der Waals surface area contributed by atoms with Crippen molar-refractivity contribution in [2.75, 3.05) is 20.6 Å². The molecule has 0 saturated heterocycles. The van der Waals surface area contributed by atoms with E-state index in [1.165, 1.54) is 5.56 Å². The lowest BCUT2D eigenvalue weighted by Crippen LogP contribution is -2.34. The zero-order chi connectivity index (χ0) is 17.6. The maximum atomic E-state index is 12.5. The molecule has 1 N–H and O–H groups in total. The van der Waals surface area contributed by atoms with Crippen molar-refractivity contribution < 1.29 is 4.79 Å². The van der Waals surface area contributed by atoms with Gasteiger partial charge in [0, 0.05) is 12.7 Å². The zero-order valence-electron chi connectivity index (χ0n) is 14.5. The van der Waals surface area contributed by atoms with Gasteiger partial charge in [0.2, 0.25) is 0 Å². The molecule has 0 bridgehead atoms. The smallest absolute Gasteiger partial charge is 0.254 e. The summed E-state index contributed by atoms with van der Waals surface area (Å²) in [6.07, 6.45) is 3.34. The number of amides is 1. The Bertz CT molecular complexity index is 812. The van der Waals surface area contributed by atoms with Gasteiger partial charge in [0.05, 0.1) is 23.5 Å². The van der Waals surface area contributed by atoms with Crippen molar-refractivity contribution in [2.24, 2.45) is 0 Å². The Labute approximate surface area is 147 Å². The second-order valence-electron chi connectivity index (χ2n) is 6.11. The first-order chi connectivity index (χ1) is 12.1. The van der Waals surface area contributed by atoms with Gasteiger partial charge < -0.3 is 10.2 Å². The molecule has 2 aromatic carbocycles. The molecule has 3 aromatic rings. The van der Waals surface area contributed by atoms with Crippen molar-refractivity contribution in [1.29, 1.82) is 0 Å². The number of nitrogens with zero attached hydrogens (tertiary/aromatic N) is 3. The van der Waals surface area contributed by atoms with Crippen LogP contribution in [0.3, 0.4) is 0 Å². The Morgan fingerprint density at radius 1 is 1.08 bits per heavy atom. The summed E-state index contributed by atoms with van der Waals surface area (Å²) in [5.41, 5.74) is 2.65. The topological polar surface area (TPSA) is 50.2 Å². The van der Waals surface area contributed by atoms with Gasteiger partial charge in [-0.2, -0.15) is 5.10 Å².